The minimum absolute atomic E-state index is 0.427. The number of methoxy groups -OCH3 is 1. The first-order valence-corrected chi connectivity index (χ1v) is 6.98. The summed E-state index contributed by atoms with van der Waals surface area (Å²) < 4.78 is 5.21. The molecule has 0 unspecified atom stereocenters. The molecule has 0 aliphatic carbocycles. The van der Waals surface area contributed by atoms with Crippen molar-refractivity contribution < 1.29 is 4.74 Å². The molecule has 0 amide bonds. The van der Waals surface area contributed by atoms with E-state index in [1.807, 2.05) is 24.4 Å². The summed E-state index contributed by atoms with van der Waals surface area (Å²) in [7, 11) is 1.66. The van der Waals surface area contributed by atoms with Gasteiger partial charge in [-0.1, -0.05) is 0 Å². The molecule has 106 valence electrons. The lowest BCUT2D eigenvalue weighted by Gasteiger charge is -2.38. The number of hydrogen-bond donors (Lipinski definition) is 1. The van der Waals surface area contributed by atoms with Gasteiger partial charge in [-0.2, -0.15) is 0 Å². The maximum absolute atomic E-state index is 5.21. The monoisotopic (exact) mass is 272 g/mol. The van der Waals surface area contributed by atoms with E-state index in [0.717, 1.165) is 35.7 Å². The third-order valence-electron chi connectivity index (χ3n) is 3.80. The lowest BCUT2D eigenvalue weighted by molar-refractivity contribution is 0.415. The number of anilines is 1. The van der Waals surface area contributed by atoms with Crippen LogP contribution in [0.4, 0.5) is 5.82 Å². The van der Waals surface area contributed by atoms with Gasteiger partial charge in [-0.3, -0.25) is 4.98 Å². The number of fused-ring (bicyclic) bond motifs is 1. The summed E-state index contributed by atoms with van der Waals surface area (Å²) in [6.07, 6.45) is 1.86. The van der Waals surface area contributed by atoms with Crippen molar-refractivity contribution in [1.82, 2.24) is 15.3 Å². The van der Waals surface area contributed by atoms with Gasteiger partial charge in [0.05, 0.1) is 24.3 Å². The average molecular weight is 272 g/mol. The summed E-state index contributed by atoms with van der Waals surface area (Å²) in [6, 6.07) is 6.69. The van der Waals surface area contributed by atoms with E-state index in [0.29, 0.717) is 12.1 Å². The predicted molar refractivity (Wildman–Crippen MR) is 80.4 cm³/mol. The number of nitrogens with one attached hydrogen (secondary N) is 1. The van der Waals surface area contributed by atoms with Gasteiger partial charge >= 0.3 is 0 Å². The molecule has 1 saturated heterocycles. The quantitative estimate of drug-likeness (QED) is 0.904. The van der Waals surface area contributed by atoms with Crippen LogP contribution in [-0.2, 0) is 0 Å². The van der Waals surface area contributed by atoms with E-state index < -0.39 is 0 Å². The first-order valence-electron chi connectivity index (χ1n) is 6.98. The Morgan fingerprint density at radius 1 is 1.30 bits per heavy atom. The molecular formula is C15H20N4O. The van der Waals surface area contributed by atoms with E-state index in [4.69, 9.17) is 9.72 Å². The van der Waals surface area contributed by atoms with Crippen molar-refractivity contribution in [3.8, 4) is 5.75 Å². The number of benzene rings is 1. The van der Waals surface area contributed by atoms with Crippen molar-refractivity contribution in [1.29, 1.82) is 0 Å². The highest BCUT2D eigenvalue weighted by Crippen LogP contribution is 2.22. The molecule has 20 heavy (non-hydrogen) atoms. The van der Waals surface area contributed by atoms with Gasteiger partial charge in [-0.05, 0) is 26.0 Å². The van der Waals surface area contributed by atoms with E-state index in [2.05, 4.69) is 29.0 Å². The fourth-order valence-corrected chi connectivity index (χ4v) is 2.59. The van der Waals surface area contributed by atoms with Crippen molar-refractivity contribution in [2.45, 2.75) is 25.9 Å². The summed E-state index contributed by atoms with van der Waals surface area (Å²) in [4.78, 5) is 11.6. The molecule has 0 saturated carbocycles. The van der Waals surface area contributed by atoms with Crippen LogP contribution in [0.2, 0.25) is 0 Å². The molecule has 0 spiro atoms. The van der Waals surface area contributed by atoms with Gasteiger partial charge in [-0.25, -0.2) is 4.98 Å². The second kappa shape index (κ2) is 5.25. The minimum Gasteiger partial charge on any atom is -0.497 e. The molecule has 1 aromatic carbocycles. The number of nitrogens with zero attached hydrogens (tertiary/aromatic N) is 3. The molecule has 1 aromatic heterocycles. The Labute approximate surface area is 119 Å². The molecule has 2 atom stereocenters. The highest BCUT2D eigenvalue weighted by Gasteiger charge is 2.23. The van der Waals surface area contributed by atoms with Gasteiger partial charge in [0, 0.05) is 31.2 Å². The Balaban J connectivity index is 1.96. The van der Waals surface area contributed by atoms with Gasteiger partial charge < -0.3 is 15.0 Å². The number of ether oxygens (including phenoxy) is 1. The molecule has 1 aliphatic rings. The van der Waals surface area contributed by atoms with Crippen molar-refractivity contribution in [3.63, 3.8) is 0 Å². The summed E-state index contributed by atoms with van der Waals surface area (Å²) in [5, 5.41) is 3.48. The topological polar surface area (TPSA) is 50.3 Å². The van der Waals surface area contributed by atoms with E-state index in [9.17, 15) is 0 Å². The molecule has 1 fully saturated rings. The van der Waals surface area contributed by atoms with Crippen LogP contribution >= 0.6 is 0 Å². The fourth-order valence-electron chi connectivity index (χ4n) is 2.59. The lowest BCUT2D eigenvalue weighted by atomic mass is 10.1. The van der Waals surface area contributed by atoms with Crippen LogP contribution < -0.4 is 15.0 Å². The molecule has 2 heterocycles. The standard InChI is InChI=1S/C15H20N4O/c1-10-9-19(11(2)7-16-10)15-8-17-14-6-12(20-3)4-5-13(14)18-15/h4-6,8,10-11,16H,7,9H2,1-3H3/t10-,11+/m1/s1. The third-order valence-corrected chi connectivity index (χ3v) is 3.80. The highest BCUT2D eigenvalue weighted by molar-refractivity contribution is 5.77. The summed E-state index contributed by atoms with van der Waals surface area (Å²) in [5.41, 5.74) is 1.77. The van der Waals surface area contributed by atoms with E-state index in [-0.39, 0.29) is 0 Å². The van der Waals surface area contributed by atoms with Crippen LogP contribution in [0.15, 0.2) is 24.4 Å². The fraction of sp³-hybridized carbons (Fsp3) is 0.467. The maximum Gasteiger partial charge on any atom is 0.148 e. The van der Waals surface area contributed by atoms with Crippen LogP contribution in [-0.4, -0.2) is 42.3 Å². The van der Waals surface area contributed by atoms with Gasteiger partial charge in [0.25, 0.3) is 0 Å². The first kappa shape index (κ1) is 13.1. The zero-order valence-electron chi connectivity index (χ0n) is 12.1. The molecule has 0 radical (unpaired) electrons. The molecule has 0 bridgehead atoms. The van der Waals surface area contributed by atoms with Crippen LogP contribution in [0.1, 0.15) is 13.8 Å². The number of hydrogen-bond acceptors (Lipinski definition) is 5. The number of piperazine rings is 1. The SMILES string of the molecule is COc1ccc2nc(N3C[C@@H](C)NC[C@@H]3C)cnc2c1. The third kappa shape index (κ3) is 2.41. The van der Waals surface area contributed by atoms with Crippen molar-refractivity contribution in [2.24, 2.45) is 0 Å². The maximum atomic E-state index is 5.21. The molecule has 1 N–H and O–H groups in total. The Morgan fingerprint density at radius 3 is 2.95 bits per heavy atom. The second-order valence-corrected chi connectivity index (χ2v) is 5.39. The van der Waals surface area contributed by atoms with Crippen LogP contribution in [0.25, 0.3) is 11.0 Å². The number of rotatable bonds is 2. The van der Waals surface area contributed by atoms with Gasteiger partial charge in [-0.15, -0.1) is 0 Å². The molecule has 2 aromatic rings. The van der Waals surface area contributed by atoms with Gasteiger partial charge in [0.2, 0.25) is 0 Å². The largest absolute Gasteiger partial charge is 0.497 e. The number of aromatic nitrogens is 2. The summed E-state index contributed by atoms with van der Waals surface area (Å²) in [6.45, 7) is 6.33. The van der Waals surface area contributed by atoms with E-state index in [1.54, 1.807) is 7.11 Å². The molecule has 1 aliphatic heterocycles. The molecule has 5 heteroatoms. The Morgan fingerprint density at radius 2 is 2.15 bits per heavy atom. The first-order chi connectivity index (χ1) is 9.67. The van der Waals surface area contributed by atoms with Gasteiger partial charge in [0.15, 0.2) is 0 Å². The summed E-state index contributed by atoms with van der Waals surface area (Å²) in [5.74, 6) is 1.76. The minimum atomic E-state index is 0.427. The Hall–Kier alpha value is -1.88. The molecule has 5 nitrogen and oxygen atoms in total. The Bertz CT molecular complexity index is 616. The normalized spacial score (nSPS) is 23.1. The van der Waals surface area contributed by atoms with Crippen molar-refractivity contribution in [2.75, 3.05) is 25.1 Å². The average Bonchev–Trinajstić information content (AvgIpc) is 2.48. The van der Waals surface area contributed by atoms with Crippen LogP contribution in [0.5, 0.6) is 5.75 Å². The van der Waals surface area contributed by atoms with Crippen molar-refractivity contribution >= 4 is 16.9 Å². The Kier molecular flexibility index (Phi) is 3.44. The summed E-state index contributed by atoms with van der Waals surface area (Å²) >= 11 is 0. The predicted octanol–water partition coefficient (Wildman–Crippen LogP) is 1.82. The smallest absolute Gasteiger partial charge is 0.148 e. The molecular weight excluding hydrogens is 252 g/mol. The zero-order valence-corrected chi connectivity index (χ0v) is 12.1. The van der Waals surface area contributed by atoms with E-state index >= 15 is 0 Å². The second-order valence-electron chi connectivity index (χ2n) is 5.39. The molecule has 3 rings (SSSR count). The van der Waals surface area contributed by atoms with Crippen LogP contribution in [0.3, 0.4) is 0 Å². The van der Waals surface area contributed by atoms with E-state index in [1.165, 1.54) is 0 Å². The highest BCUT2D eigenvalue weighted by atomic mass is 16.5. The zero-order chi connectivity index (χ0) is 14.1. The van der Waals surface area contributed by atoms with Gasteiger partial charge in [0.1, 0.15) is 11.6 Å². The van der Waals surface area contributed by atoms with Crippen molar-refractivity contribution in [3.05, 3.63) is 24.4 Å². The lowest BCUT2D eigenvalue weighted by Crippen LogP contribution is -2.54. The van der Waals surface area contributed by atoms with Crippen LogP contribution in [0, 0.1) is 0 Å².